The maximum absolute atomic E-state index is 3.67. The summed E-state index contributed by atoms with van der Waals surface area (Å²) in [6.07, 6.45) is 23.6. The molecule has 0 spiro atoms. The van der Waals surface area contributed by atoms with E-state index in [9.17, 15) is 0 Å². The maximum atomic E-state index is 3.67. The van der Waals surface area contributed by atoms with Crippen LogP contribution in [-0.4, -0.2) is 0 Å². The maximum Gasteiger partial charge on any atom is 0.0587 e. The van der Waals surface area contributed by atoms with Gasteiger partial charge in [-0.25, -0.2) is 0 Å². The van der Waals surface area contributed by atoms with Gasteiger partial charge in [0.05, 0.1) is 16.7 Å². The lowest BCUT2D eigenvalue weighted by molar-refractivity contribution is 0.717. The van der Waals surface area contributed by atoms with Crippen LogP contribution >= 0.6 is 0 Å². The van der Waals surface area contributed by atoms with E-state index in [0.29, 0.717) is 0 Å². The van der Waals surface area contributed by atoms with Crippen molar-refractivity contribution in [2.75, 3.05) is 0 Å². The van der Waals surface area contributed by atoms with Crippen LogP contribution in [0.5, 0.6) is 0 Å². The smallest absolute Gasteiger partial charge is 0.0587 e. The molecule has 0 unspecified atom stereocenters. The first-order valence-electron chi connectivity index (χ1n) is 27.2. The molecule has 6 rings (SSSR count). The summed E-state index contributed by atoms with van der Waals surface area (Å²) >= 11 is 0. The Labute approximate surface area is 430 Å². The number of aryl methyl sites for hydroxylation is 5. The fourth-order valence-corrected chi connectivity index (χ4v) is 8.62. The lowest BCUT2D eigenvalue weighted by Crippen LogP contribution is -2.00. The molecular formula is C71H76. The largest absolute Gasteiger partial charge is 0.0654 e. The highest BCUT2D eigenvalue weighted by atomic mass is 14.1. The summed E-state index contributed by atoms with van der Waals surface area (Å²) in [5.41, 5.74) is 15.3. The Morgan fingerprint density at radius 2 is 0.437 bits per heavy atom. The molecule has 0 amide bonds. The van der Waals surface area contributed by atoms with E-state index < -0.39 is 0 Å². The van der Waals surface area contributed by atoms with Gasteiger partial charge in [-0.3, -0.25) is 0 Å². The molecule has 0 aliphatic carbocycles. The van der Waals surface area contributed by atoms with E-state index in [0.717, 1.165) is 87.7 Å². The van der Waals surface area contributed by atoms with Gasteiger partial charge in [-0.1, -0.05) is 219 Å². The third-order valence-corrected chi connectivity index (χ3v) is 13.1. The quantitative estimate of drug-likeness (QED) is 0.0529. The highest BCUT2D eigenvalue weighted by Gasteiger charge is 2.15. The summed E-state index contributed by atoms with van der Waals surface area (Å²) in [5, 5.41) is 0. The molecule has 0 nitrogen and oxygen atoms in total. The summed E-state index contributed by atoms with van der Waals surface area (Å²) in [6, 6.07) is 45.8. The van der Waals surface area contributed by atoms with Crippen LogP contribution in [0.3, 0.4) is 0 Å². The third-order valence-electron chi connectivity index (χ3n) is 13.1. The Hall–Kier alpha value is -6.88. The van der Waals surface area contributed by atoms with Gasteiger partial charge in [-0.2, -0.15) is 0 Å². The minimum atomic E-state index is 0.748. The molecule has 0 saturated heterocycles. The van der Waals surface area contributed by atoms with Crippen molar-refractivity contribution in [1.82, 2.24) is 0 Å². The molecule has 0 aliphatic rings. The molecule has 0 heteroatoms. The van der Waals surface area contributed by atoms with Gasteiger partial charge in [0.25, 0.3) is 0 Å². The zero-order valence-corrected chi connectivity index (χ0v) is 43.8. The summed E-state index contributed by atoms with van der Waals surface area (Å²) in [5.74, 6) is 35.9. The van der Waals surface area contributed by atoms with Crippen molar-refractivity contribution in [2.45, 2.75) is 163 Å². The Kier molecular flexibility index (Phi) is 23.1. The fraction of sp³-hybridized carbons (Fsp3) is 0.352. The van der Waals surface area contributed by atoms with E-state index in [1.54, 1.807) is 0 Å². The summed E-state index contributed by atoms with van der Waals surface area (Å²) < 4.78 is 0. The predicted octanol–water partition coefficient (Wildman–Crippen LogP) is 17.3. The van der Waals surface area contributed by atoms with Gasteiger partial charge in [0.1, 0.15) is 0 Å². The molecule has 0 fully saturated rings. The first-order valence-corrected chi connectivity index (χ1v) is 27.2. The molecule has 6 aromatic rings. The van der Waals surface area contributed by atoms with Gasteiger partial charge in [-0.15, -0.1) is 0 Å². The number of benzene rings is 6. The standard InChI is InChI=1S/C71H76/c1-6-11-16-21-57-26-36-62(37-27-57)46-51-67-56-68(52-47-63-38-28-58(29-39-63)22-17-12-7-2)70(54-49-65-42-32-60(33-43-65)24-19-14-9-4)71(55-50-66-44-34-61(35-45-66)25-20-15-10-5)69(67)53-48-64-40-30-59(31-41-64)23-18-13-8-3/h26-45,56H,6-25H2,1-5H3. The van der Waals surface area contributed by atoms with E-state index in [-0.39, 0.29) is 0 Å². The van der Waals surface area contributed by atoms with Crippen LogP contribution < -0.4 is 0 Å². The summed E-state index contributed by atoms with van der Waals surface area (Å²) in [4.78, 5) is 0. The van der Waals surface area contributed by atoms with Gasteiger partial charge >= 0.3 is 0 Å². The van der Waals surface area contributed by atoms with E-state index in [4.69, 9.17) is 0 Å². The SMILES string of the molecule is CCCCCc1ccc(C#Cc2cc(C#Cc3ccc(CCCCC)cc3)c(C#Cc3ccc(CCCCC)cc3)c(C#Cc3ccc(CCCCC)cc3)c2C#Cc2ccc(CCCCC)cc2)cc1. The van der Waals surface area contributed by atoms with Gasteiger partial charge in [0, 0.05) is 38.9 Å². The number of rotatable bonds is 20. The third kappa shape index (κ3) is 18.4. The van der Waals surface area contributed by atoms with Crippen molar-refractivity contribution < 1.29 is 0 Å². The van der Waals surface area contributed by atoms with Gasteiger partial charge in [0.15, 0.2) is 0 Å². The van der Waals surface area contributed by atoms with Crippen LogP contribution in [0.2, 0.25) is 0 Å². The minimum absolute atomic E-state index is 0.748. The lowest BCUT2D eigenvalue weighted by atomic mass is 9.91. The normalized spacial score (nSPS) is 10.3. The molecule has 0 saturated carbocycles. The highest BCUT2D eigenvalue weighted by molar-refractivity contribution is 5.73. The van der Waals surface area contributed by atoms with E-state index in [2.05, 4.69) is 221 Å². The average molecular weight is 929 g/mol. The zero-order chi connectivity index (χ0) is 49.7. The van der Waals surface area contributed by atoms with Crippen LogP contribution in [0.25, 0.3) is 0 Å². The number of unbranched alkanes of at least 4 members (excludes halogenated alkanes) is 10. The van der Waals surface area contributed by atoms with Crippen molar-refractivity contribution in [1.29, 1.82) is 0 Å². The van der Waals surface area contributed by atoms with Crippen LogP contribution in [0, 0.1) is 59.2 Å². The second kappa shape index (κ2) is 30.7. The van der Waals surface area contributed by atoms with Crippen molar-refractivity contribution in [3.8, 4) is 59.2 Å². The van der Waals surface area contributed by atoms with Crippen molar-refractivity contribution in [3.05, 3.63) is 211 Å². The Bertz CT molecular complexity index is 2710. The van der Waals surface area contributed by atoms with Gasteiger partial charge in [0.2, 0.25) is 0 Å². The number of hydrogen-bond acceptors (Lipinski definition) is 0. The minimum Gasteiger partial charge on any atom is -0.0654 e. The second-order valence-electron chi connectivity index (χ2n) is 19.1. The molecule has 0 bridgehead atoms. The van der Waals surface area contributed by atoms with Crippen LogP contribution in [0.15, 0.2) is 127 Å². The number of hydrogen-bond donors (Lipinski definition) is 0. The molecule has 360 valence electrons. The molecule has 0 aliphatic heterocycles. The summed E-state index contributed by atoms with van der Waals surface area (Å²) in [6.45, 7) is 11.3. The zero-order valence-electron chi connectivity index (χ0n) is 43.8. The first-order chi connectivity index (χ1) is 35.0. The Balaban J connectivity index is 1.56. The fourth-order valence-electron chi connectivity index (χ4n) is 8.62. The van der Waals surface area contributed by atoms with E-state index in [1.807, 2.05) is 0 Å². The van der Waals surface area contributed by atoms with Gasteiger partial charge < -0.3 is 0 Å². The topological polar surface area (TPSA) is 0 Å². The highest BCUT2D eigenvalue weighted by Crippen LogP contribution is 2.24. The molecule has 0 radical (unpaired) electrons. The van der Waals surface area contributed by atoms with E-state index >= 15 is 0 Å². The van der Waals surface area contributed by atoms with E-state index in [1.165, 1.54) is 124 Å². The van der Waals surface area contributed by atoms with Gasteiger partial charge in [-0.05, 0) is 159 Å². The van der Waals surface area contributed by atoms with Crippen molar-refractivity contribution in [2.24, 2.45) is 0 Å². The molecule has 0 heterocycles. The molecule has 0 atom stereocenters. The molecule has 71 heavy (non-hydrogen) atoms. The molecule has 6 aromatic carbocycles. The van der Waals surface area contributed by atoms with Crippen LogP contribution in [-0.2, 0) is 32.1 Å². The lowest BCUT2D eigenvalue weighted by Gasteiger charge is -2.09. The molecular weight excluding hydrogens is 853 g/mol. The average Bonchev–Trinajstić information content (AvgIpc) is 3.40. The Morgan fingerprint density at radius 1 is 0.225 bits per heavy atom. The molecule has 0 aromatic heterocycles. The molecule has 0 N–H and O–H groups in total. The summed E-state index contributed by atoms with van der Waals surface area (Å²) in [7, 11) is 0. The first kappa shape index (κ1) is 53.5. The van der Waals surface area contributed by atoms with Crippen LogP contribution in [0.1, 0.15) is 214 Å². The Morgan fingerprint density at radius 3 is 0.662 bits per heavy atom. The van der Waals surface area contributed by atoms with Crippen LogP contribution in [0.4, 0.5) is 0 Å². The second-order valence-corrected chi connectivity index (χ2v) is 19.1. The van der Waals surface area contributed by atoms with Crippen molar-refractivity contribution >= 4 is 0 Å². The predicted molar refractivity (Wildman–Crippen MR) is 305 cm³/mol. The monoisotopic (exact) mass is 929 g/mol. The van der Waals surface area contributed by atoms with Crippen molar-refractivity contribution in [3.63, 3.8) is 0 Å².